The van der Waals surface area contributed by atoms with Gasteiger partial charge in [0.1, 0.15) is 11.5 Å². The third-order valence-electron chi connectivity index (χ3n) is 2.74. The second-order valence-electron chi connectivity index (χ2n) is 4.23. The maximum Gasteiger partial charge on any atom is 0.150 e. The van der Waals surface area contributed by atoms with Crippen LogP contribution in [0.2, 0.25) is 0 Å². The Morgan fingerprint density at radius 3 is 2.64 bits per heavy atom. The van der Waals surface area contributed by atoms with Crippen molar-refractivity contribution in [2.24, 2.45) is 4.99 Å². The number of hydrogen-bond donors (Lipinski definition) is 0. The predicted molar refractivity (Wildman–Crippen MR) is 57.5 cm³/mol. The zero-order valence-electron chi connectivity index (χ0n) is 8.86. The maximum atomic E-state index is 4.52. The van der Waals surface area contributed by atoms with Crippen LogP contribution in [-0.2, 0) is 0 Å². The van der Waals surface area contributed by atoms with Crippen molar-refractivity contribution in [3.05, 3.63) is 30.1 Å². The smallest absolute Gasteiger partial charge is 0.150 e. The van der Waals surface area contributed by atoms with E-state index < -0.39 is 0 Å². The molecule has 0 amide bonds. The quantitative estimate of drug-likeness (QED) is 0.670. The van der Waals surface area contributed by atoms with Gasteiger partial charge < -0.3 is 4.90 Å². The second-order valence-corrected chi connectivity index (χ2v) is 4.23. The molecule has 0 unspecified atom stereocenters. The zero-order valence-corrected chi connectivity index (χ0v) is 8.86. The third kappa shape index (κ3) is 1.39. The van der Waals surface area contributed by atoms with E-state index in [1.807, 2.05) is 18.2 Å². The third-order valence-corrected chi connectivity index (χ3v) is 2.74. The van der Waals surface area contributed by atoms with Crippen LogP contribution in [0.3, 0.4) is 0 Å². The van der Waals surface area contributed by atoms with Crippen LogP contribution in [0.25, 0.3) is 0 Å². The molecule has 1 aromatic rings. The molecule has 1 aromatic heterocycles. The van der Waals surface area contributed by atoms with Crippen LogP contribution < -0.4 is 0 Å². The topological polar surface area (TPSA) is 28.5 Å². The Labute approximate surface area is 84.5 Å². The lowest BCUT2D eigenvalue weighted by Crippen LogP contribution is -2.41. The van der Waals surface area contributed by atoms with E-state index in [4.69, 9.17) is 0 Å². The van der Waals surface area contributed by atoms with Crippen molar-refractivity contribution in [2.75, 3.05) is 13.6 Å². The highest BCUT2D eigenvalue weighted by Gasteiger charge is 2.32. The Hall–Kier alpha value is -1.38. The molecule has 0 fully saturated rings. The van der Waals surface area contributed by atoms with Crippen molar-refractivity contribution in [1.82, 2.24) is 9.88 Å². The Morgan fingerprint density at radius 1 is 1.36 bits per heavy atom. The summed E-state index contributed by atoms with van der Waals surface area (Å²) in [6, 6.07) is 5.91. The summed E-state index contributed by atoms with van der Waals surface area (Å²) in [4.78, 5) is 11.0. The normalized spacial score (nSPS) is 19.6. The van der Waals surface area contributed by atoms with Crippen molar-refractivity contribution in [3.8, 4) is 0 Å². The Morgan fingerprint density at radius 2 is 2.14 bits per heavy atom. The Bertz CT molecular complexity index is 354. The van der Waals surface area contributed by atoms with Gasteiger partial charge in [-0.3, -0.25) is 9.98 Å². The van der Waals surface area contributed by atoms with E-state index >= 15 is 0 Å². The van der Waals surface area contributed by atoms with Gasteiger partial charge in [-0.2, -0.15) is 0 Å². The minimum Gasteiger partial charge on any atom is -0.351 e. The molecule has 2 heterocycles. The molecule has 0 spiro atoms. The van der Waals surface area contributed by atoms with E-state index in [0.29, 0.717) is 0 Å². The lowest BCUT2D eigenvalue weighted by Gasteiger charge is -2.29. The van der Waals surface area contributed by atoms with Gasteiger partial charge in [0.25, 0.3) is 0 Å². The SMILES string of the molecule is CN1C(c2ccccn2)=NCC1(C)C. The molecule has 3 heteroatoms. The van der Waals surface area contributed by atoms with Gasteiger partial charge in [0.2, 0.25) is 0 Å². The van der Waals surface area contributed by atoms with Gasteiger partial charge in [-0.25, -0.2) is 0 Å². The molecule has 0 N–H and O–H groups in total. The fraction of sp³-hybridized carbons (Fsp3) is 0.455. The summed E-state index contributed by atoms with van der Waals surface area (Å²) >= 11 is 0. The van der Waals surface area contributed by atoms with Crippen LogP contribution in [0.4, 0.5) is 0 Å². The number of amidine groups is 1. The maximum absolute atomic E-state index is 4.52. The molecule has 0 saturated heterocycles. The number of aliphatic imine (C=N–C) groups is 1. The summed E-state index contributed by atoms with van der Waals surface area (Å²) in [5.74, 6) is 0.996. The standard InChI is InChI=1S/C11H15N3/c1-11(2)8-13-10(14(11)3)9-6-4-5-7-12-9/h4-7H,8H2,1-3H3. The van der Waals surface area contributed by atoms with E-state index in [-0.39, 0.29) is 5.54 Å². The Kier molecular flexibility index (Phi) is 2.02. The lowest BCUT2D eigenvalue weighted by atomic mass is 10.1. The summed E-state index contributed by atoms with van der Waals surface area (Å²) in [7, 11) is 2.07. The summed E-state index contributed by atoms with van der Waals surface area (Å²) in [5.41, 5.74) is 1.08. The van der Waals surface area contributed by atoms with Crippen molar-refractivity contribution in [3.63, 3.8) is 0 Å². The highest BCUT2D eigenvalue weighted by Crippen LogP contribution is 2.22. The summed E-state index contributed by atoms with van der Waals surface area (Å²) in [5, 5.41) is 0. The summed E-state index contributed by atoms with van der Waals surface area (Å²) < 4.78 is 0. The average Bonchev–Trinajstić information content (AvgIpc) is 2.44. The molecule has 3 nitrogen and oxygen atoms in total. The molecule has 0 radical (unpaired) electrons. The van der Waals surface area contributed by atoms with Crippen molar-refractivity contribution in [2.45, 2.75) is 19.4 Å². The first-order valence-corrected chi connectivity index (χ1v) is 4.81. The van der Waals surface area contributed by atoms with Crippen molar-refractivity contribution in [1.29, 1.82) is 0 Å². The molecular formula is C11H15N3. The summed E-state index contributed by atoms with van der Waals surface area (Å²) in [6.45, 7) is 5.22. The van der Waals surface area contributed by atoms with Gasteiger partial charge in [-0.05, 0) is 26.0 Å². The first-order chi connectivity index (χ1) is 6.61. The van der Waals surface area contributed by atoms with Gasteiger partial charge in [0, 0.05) is 13.2 Å². The van der Waals surface area contributed by atoms with E-state index in [0.717, 1.165) is 18.1 Å². The first-order valence-electron chi connectivity index (χ1n) is 4.81. The van der Waals surface area contributed by atoms with Gasteiger partial charge in [0.15, 0.2) is 0 Å². The van der Waals surface area contributed by atoms with E-state index in [1.54, 1.807) is 6.20 Å². The summed E-state index contributed by atoms with van der Waals surface area (Å²) in [6.07, 6.45) is 1.80. The number of hydrogen-bond acceptors (Lipinski definition) is 3. The van der Waals surface area contributed by atoms with Crippen molar-refractivity contribution >= 4 is 5.84 Å². The molecule has 0 saturated carbocycles. The fourth-order valence-corrected chi connectivity index (χ4v) is 1.52. The van der Waals surface area contributed by atoms with Crippen LogP contribution in [0.1, 0.15) is 19.5 Å². The van der Waals surface area contributed by atoms with Crippen LogP contribution in [0.15, 0.2) is 29.4 Å². The zero-order chi connectivity index (χ0) is 10.2. The minimum atomic E-state index is 0.118. The minimum absolute atomic E-state index is 0.118. The molecule has 0 aromatic carbocycles. The molecule has 74 valence electrons. The van der Waals surface area contributed by atoms with Gasteiger partial charge in [0.05, 0.1) is 12.1 Å². The molecular weight excluding hydrogens is 174 g/mol. The highest BCUT2D eigenvalue weighted by molar-refractivity contribution is 5.98. The largest absolute Gasteiger partial charge is 0.351 e. The molecule has 0 atom stereocenters. The predicted octanol–water partition coefficient (Wildman–Crippen LogP) is 1.55. The van der Waals surface area contributed by atoms with Crippen molar-refractivity contribution < 1.29 is 0 Å². The lowest BCUT2D eigenvalue weighted by molar-refractivity contribution is 0.292. The second kappa shape index (κ2) is 3.08. The molecule has 1 aliphatic heterocycles. The highest BCUT2D eigenvalue weighted by atomic mass is 15.3. The van der Waals surface area contributed by atoms with Crippen LogP contribution >= 0.6 is 0 Å². The monoisotopic (exact) mass is 189 g/mol. The number of pyridine rings is 1. The molecule has 14 heavy (non-hydrogen) atoms. The van der Waals surface area contributed by atoms with Gasteiger partial charge in [-0.15, -0.1) is 0 Å². The van der Waals surface area contributed by atoms with Gasteiger partial charge in [-0.1, -0.05) is 6.07 Å². The Balaban J connectivity index is 2.31. The van der Waals surface area contributed by atoms with Crippen LogP contribution in [0.5, 0.6) is 0 Å². The average molecular weight is 189 g/mol. The molecule has 1 aliphatic rings. The van der Waals surface area contributed by atoms with Crippen LogP contribution in [-0.4, -0.2) is 34.9 Å². The first kappa shape index (κ1) is 9.19. The molecule has 0 bridgehead atoms. The number of aromatic nitrogens is 1. The van der Waals surface area contributed by atoms with E-state index in [2.05, 4.69) is 35.8 Å². The molecule has 2 rings (SSSR count). The van der Waals surface area contributed by atoms with Gasteiger partial charge >= 0.3 is 0 Å². The van der Waals surface area contributed by atoms with Crippen LogP contribution in [0, 0.1) is 0 Å². The molecule has 0 aliphatic carbocycles. The fourth-order valence-electron chi connectivity index (χ4n) is 1.52. The van der Waals surface area contributed by atoms with E-state index in [9.17, 15) is 0 Å². The number of likely N-dealkylation sites (N-methyl/N-ethyl adjacent to an activating group) is 1. The number of rotatable bonds is 1. The number of nitrogens with zero attached hydrogens (tertiary/aromatic N) is 3. The van der Waals surface area contributed by atoms with E-state index in [1.165, 1.54) is 0 Å².